The number of benzene rings is 2. The number of fused-ring (bicyclic) bond motifs is 1. The van der Waals surface area contributed by atoms with Crippen LogP contribution in [0.25, 0.3) is 21.7 Å². The summed E-state index contributed by atoms with van der Waals surface area (Å²) in [5, 5.41) is 9.18. The van der Waals surface area contributed by atoms with Crippen LogP contribution in [0.5, 0.6) is 5.75 Å². The number of thioether (sulfide) groups is 1. The SMILES string of the molecule is COc1ccc(-c2nnc(CSc3nc4sc(C(N)=O)c(C)c4c(=O)n3Cc3ccccc3)o2)cc1. The summed E-state index contributed by atoms with van der Waals surface area (Å²) >= 11 is 2.44. The molecule has 1 amide bonds. The van der Waals surface area contributed by atoms with Gasteiger partial charge in [-0.05, 0) is 42.3 Å². The van der Waals surface area contributed by atoms with Crippen LogP contribution < -0.4 is 16.0 Å². The average Bonchev–Trinajstić information content (AvgIpc) is 3.50. The lowest BCUT2D eigenvalue weighted by Crippen LogP contribution is -2.24. The maximum atomic E-state index is 13.6. The van der Waals surface area contributed by atoms with Crippen LogP contribution in [0.15, 0.2) is 69.0 Å². The molecule has 0 saturated carbocycles. The van der Waals surface area contributed by atoms with Gasteiger partial charge in [-0.3, -0.25) is 14.2 Å². The van der Waals surface area contributed by atoms with Crippen LogP contribution in [0.1, 0.15) is 26.7 Å². The molecule has 3 heterocycles. The fourth-order valence-electron chi connectivity index (χ4n) is 3.74. The van der Waals surface area contributed by atoms with Gasteiger partial charge in [-0.1, -0.05) is 42.1 Å². The highest BCUT2D eigenvalue weighted by Crippen LogP contribution is 2.30. The summed E-state index contributed by atoms with van der Waals surface area (Å²) in [6.07, 6.45) is 0. The summed E-state index contributed by atoms with van der Waals surface area (Å²) in [6.45, 7) is 2.05. The molecule has 5 rings (SSSR count). The van der Waals surface area contributed by atoms with Gasteiger partial charge in [-0.15, -0.1) is 21.5 Å². The Balaban J connectivity index is 1.48. The van der Waals surface area contributed by atoms with Gasteiger partial charge in [0.2, 0.25) is 11.8 Å². The normalized spacial score (nSPS) is 11.2. The number of rotatable bonds is 8. The summed E-state index contributed by atoms with van der Waals surface area (Å²) in [5.41, 5.74) is 7.58. The van der Waals surface area contributed by atoms with Gasteiger partial charge in [-0.2, -0.15) is 0 Å². The van der Waals surface area contributed by atoms with E-state index in [1.165, 1.54) is 11.8 Å². The van der Waals surface area contributed by atoms with Crippen molar-refractivity contribution in [3.8, 4) is 17.2 Å². The van der Waals surface area contributed by atoms with Gasteiger partial charge in [-0.25, -0.2) is 4.98 Å². The fraction of sp³-hybridized carbons (Fsp3) is 0.160. The predicted octanol–water partition coefficient (Wildman–Crippen LogP) is 4.26. The number of carbonyl (C=O) groups excluding carboxylic acids is 1. The number of aromatic nitrogens is 4. The summed E-state index contributed by atoms with van der Waals surface area (Å²) in [6, 6.07) is 17.0. The first-order valence-electron chi connectivity index (χ1n) is 10.9. The van der Waals surface area contributed by atoms with Crippen LogP contribution in [0.2, 0.25) is 0 Å². The zero-order valence-corrected chi connectivity index (χ0v) is 21.1. The molecule has 182 valence electrons. The first-order chi connectivity index (χ1) is 17.4. The minimum absolute atomic E-state index is 0.225. The van der Waals surface area contributed by atoms with Crippen molar-refractivity contribution in [1.82, 2.24) is 19.7 Å². The Morgan fingerprint density at radius 1 is 1.14 bits per heavy atom. The zero-order chi connectivity index (χ0) is 25.2. The second kappa shape index (κ2) is 9.96. The smallest absolute Gasteiger partial charge is 0.263 e. The van der Waals surface area contributed by atoms with Crippen molar-refractivity contribution in [2.45, 2.75) is 24.4 Å². The monoisotopic (exact) mass is 519 g/mol. The highest BCUT2D eigenvalue weighted by Gasteiger charge is 2.21. The standard InChI is InChI=1S/C25H21N5O4S2/c1-14-19-23(36-20(14)21(26)31)27-25(30(24(19)32)12-15-6-4-3-5-7-15)35-13-18-28-29-22(34-18)16-8-10-17(33-2)11-9-16/h3-11H,12-13H2,1-2H3,(H2,26,31). The molecule has 0 unspecified atom stereocenters. The van der Waals surface area contributed by atoms with E-state index in [9.17, 15) is 9.59 Å². The van der Waals surface area contributed by atoms with E-state index in [1.807, 2.05) is 54.6 Å². The van der Waals surface area contributed by atoms with E-state index in [0.717, 1.165) is 28.2 Å². The predicted molar refractivity (Wildman–Crippen MR) is 139 cm³/mol. The van der Waals surface area contributed by atoms with Crippen molar-refractivity contribution in [2.24, 2.45) is 5.73 Å². The lowest BCUT2D eigenvalue weighted by atomic mass is 10.2. The second-order valence-electron chi connectivity index (χ2n) is 7.89. The molecule has 5 aromatic rings. The number of methoxy groups -OCH3 is 1. The van der Waals surface area contributed by atoms with Crippen LogP contribution in [0.3, 0.4) is 0 Å². The minimum atomic E-state index is -0.573. The third-order valence-electron chi connectivity index (χ3n) is 5.55. The summed E-state index contributed by atoms with van der Waals surface area (Å²) in [5.74, 6) is 1.25. The van der Waals surface area contributed by atoms with Crippen molar-refractivity contribution < 1.29 is 13.9 Å². The molecule has 0 atom stereocenters. The molecule has 3 aromatic heterocycles. The van der Waals surface area contributed by atoms with Crippen molar-refractivity contribution >= 4 is 39.2 Å². The van der Waals surface area contributed by atoms with Gasteiger partial charge in [0.25, 0.3) is 11.5 Å². The molecular weight excluding hydrogens is 498 g/mol. The van der Waals surface area contributed by atoms with E-state index in [2.05, 4.69) is 10.2 Å². The Morgan fingerprint density at radius 2 is 1.89 bits per heavy atom. The van der Waals surface area contributed by atoms with Crippen LogP contribution in [0, 0.1) is 6.92 Å². The molecule has 0 aliphatic carbocycles. The number of nitrogens with two attached hydrogens (primary N) is 1. The lowest BCUT2D eigenvalue weighted by molar-refractivity contribution is 0.100. The molecule has 0 spiro atoms. The van der Waals surface area contributed by atoms with Crippen LogP contribution in [-0.2, 0) is 12.3 Å². The molecule has 0 radical (unpaired) electrons. The van der Waals surface area contributed by atoms with E-state index in [4.69, 9.17) is 19.9 Å². The quantitative estimate of drug-likeness (QED) is 0.238. The summed E-state index contributed by atoms with van der Waals surface area (Å²) in [7, 11) is 1.60. The number of aryl methyl sites for hydroxylation is 1. The Labute approximate surface area is 214 Å². The molecule has 0 saturated heterocycles. The summed E-state index contributed by atoms with van der Waals surface area (Å²) < 4.78 is 12.6. The highest BCUT2D eigenvalue weighted by molar-refractivity contribution is 7.98. The number of carbonyl (C=O) groups is 1. The van der Waals surface area contributed by atoms with Crippen LogP contribution in [0.4, 0.5) is 0 Å². The molecule has 36 heavy (non-hydrogen) atoms. The van der Waals surface area contributed by atoms with Gasteiger partial charge in [0.05, 0.1) is 29.7 Å². The van der Waals surface area contributed by atoms with Crippen LogP contribution >= 0.6 is 23.1 Å². The van der Waals surface area contributed by atoms with Crippen molar-refractivity contribution in [2.75, 3.05) is 7.11 Å². The maximum absolute atomic E-state index is 13.6. The molecular formula is C25H21N5O4S2. The molecule has 9 nitrogen and oxygen atoms in total. The number of primary amides is 1. The van der Waals surface area contributed by atoms with E-state index in [-0.39, 0.29) is 5.56 Å². The molecule has 0 aliphatic heterocycles. The number of thiophene rings is 1. The third-order valence-corrected chi connectivity index (χ3v) is 7.71. The van der Waals surface area contributed by atoms with Gasteiger partial charge >= 0.3 is 0 Å². The highest BCUT2D eigenvalue weighted by atomic mass is 32.2. The lowest BCUT2D eigenvalue weighted by Gasteiger charge is -2.12. The summed E-state index contributed by atoms with van der Waals surface area (Å²) in [4.78, 5) is 31.0. The van der Waals surface area contributed by atoms with E-state index >= 15 is 0 Å². The Morgan fingerprint density at radius 3 is 2.58 bits per heavy atom. The largest absolute Gasteiger partial charge is 0.497 e. The third kappa shape index (κ3) is 4.62. The molecule has 0 fully saturated rings. The molecule has 2 aromatic carbocycles. The van der Waals surface area contributed by atoms with Crippen molar-refractivity contribution in [3.05, 3.63) is 86.8 Å². The van der Waals surface area contributed by atoms with Crippen molar-refractivity contribution in [3.63, 3.8) is 0 Å². The van der Waals surface area contributed by atoms with E-state index in [0.29, 0.717) is 49.9 Å². The fourth-order valence-corrected chi connectivity index (χ4v) is 5.65. The first-order valence-corrected chi connectivity index (χ1v) is 12.7. The number of hydrogen-bond acceptors (Lipinski definition) is 9. The Kier molecular flexibility index (Phi) is 6.57. The number of nitrogens with zero attached hydrogens (tertiary/aromatic N) is 4. The van der Waals surface area contributed by atoms with Gasteiger partial charge in [0.15, 0.2) is 5.16 Å². The number of ether oxygens (including phenoxy) is 1. The van der Waals surface area contributed by atoms with Gasteiger partial charge in [0, 0.05) is 5.56 Å². The van der Waals surface area contributed by atoms with Gasteiger partial charge in [0.1, 0.15) is 10.6 Å². The number of amides is 1. The topological polar surface area (TPSA) is 126 Å². The Hall–Kier alpha value is -3.96. The van der Waals surface area contributed by atoms with Crippen LogP contribution in [-0.4, -0.2) is 32.8 Å². The molecule has 11 heteroatoms. The zero-order valence-electron chi connectivity index (χ0n) is 19.4. The molecule has 2 N–H and O–H groups in total. The first kappa shape index (κ1) is 23.8. The number of hydrogen-bond donors (Lipinski definition) is 1. The maximum Gasteiger partial charge on any atom is 0.263 e. The minimum Gasteiger partial charge on any atom is -0.497 e. The second-order valence-corrected chi connectivity index (χ2v) is 9.83. The molecule has 0 aliphatic rings. The Bertz CT molecular complexity index is 1610. The van der Waals surface area contributed by atoms with Gasteiger partial charge < -0.3 is 14.9 Å². The average molecular weight is 520 g/mol. The van der Waals surface area contributed by atoms with E-state index < -0.39 is 5.91 Å². The van der Waals surface area contributed by atoms with Crippen molar-refractivity contribution in [1.29, 1.82) is 0 Å². The van der Waals surface area contributed by atoms with E-state index in [1.54, 1.807) is 18.6 Å². The molecule has 0 bridgehead atoms.